The van der Waals surface area contributed by atoms with Crippen LogP contribution in [0.25, 0.3) is 17.1 Å². The van der Waals surface area contributed by atoms with Crippen molar-refractivity contribution in [1.29, 1.82) is 0 Å². The first-order chi connectivity index (χ1) is 14.8. The highest BCUT2D eigenvalue weighted by atomic mass is 32.2. The minimum atomic E-state index is -4.59. The quantitative estimate of drug-likeness (QED) is 0.326. The fraction of sp³-hybridized carbons (Fsp3) is 0.160. The third-order valence-corrected chi connectivity index (χ3v) is 6.06. The lowest BCUT2D eigenvalue weighted by Gasteiger charge is -2.18. The van der Waals surface area contributed by atoms with Crippen molar-refractivity contribution in [1.82, 2.24) is 9.55 Å². The summed E-state index contributed by atoms with van der Waals surface area (Å²) in [6, 6.07) is 22.2. The zero-order chi connectivity index (χ0) is 22.2. The predicted octanol–water partition coefficient (Wildman–Crippen LogP) is 7.63. The number of hydrogen-bond donors (Lipinski definition) is 0. The molecule has 4 rings (SSSR count). The van der Waals surface area contributed by atoms with Crippen LogP contribution in [0.5, 0.6) is 0 Å². The second-order valence-electron chi connectivity index (χ2n) is 7.45. The summed E-state index contributed by atoms with van der Waals surface area (Å²) in [6.07, 6.45) is -4.59. The first-order valence-corrected chi connectivity index (χ1v) is 10.6. The van der Waals surface area contributed by atoms with Gasteiger partial charge in [0.25, 0.3) is 0 Å². The van der Waals surface area contributed by atoms with Gasteiger partial charge in [0, 0.05) is 10.5 Å². The second kappa shape index (κ2) is 8.27. The summed E-state index contributed by atoms with van der Waals surface area (Å²) in [6.45, 7) is 5.74. The number of para-hydroxylation sites is 1. The first kappa shape index (κ1) is 21.2. The molecule has 0 spiro atoms. The molecule has 0 N–H and O–H groups in total. The van der Waals surface area contributed by atoms with Crippen LogP contribution in [-0.2, 0) is 6.18 Å². The molecule has 158 valence electrons. The average molecular weight is 439 g/mol. The molecular weight excluding hydrogens is 417 g/mol. The van der Waals surface area contributed by atoms with Gasteiger partial charge in [-0.05, 0) is 44.0 Å². The summed E-state index contributed by atoms with van der Waals surface area (Å²) in [5.74, 6) is 0.278. The van der Waals surface area contributed by atoms with E-state index in [1.165, 1.54) is 0 Å². The van der Waals surface area contributed by atoms with Gasteiger partial charge in [0.05, 0.1) is 5.69 Å². The summed E-state index contributed by atoms with van der Waals surface area (Å²) >= 11 is 1.09. The Morgan fingerprint density at radius 1 is 0.806 bits per heavy atom. The number of aryl methyl sites for hydroxylation is 3. The average Bonchev–Trinajstić information content (AvgIpc) is 3.08. The summed E-state index contributed by atoms with van der Waals surface area (Å²) in [7, 11) is 0. The maximum atomic E-state index is 14.2. The molecule has 0 saturated carbocycles. The lowest BCUT2D eigenvalue weighted by atomic mass is 10.1. The van der Waals surface area contributed by atoms with E-state index >= 15 is 0 Å². The van der Waals surface area contributed by atoms with Crippen molar-refractivity contribution < 1.29 is 13.2 Å². The fourth-order valence-corrected chi connectivity index (χ4v) is 4.76. The normalized spacial score (nSPS) is 11.7. The zero-order valence-electron chi connectivity index (χ0n) is 17.4. The van der Waals surface area contributed by atoms with Gasteiger partial charge in [-0.15, -0.1) is 0 Å². The minimum Gasteiger partial charge on any atom is -0.286 e. The van der Waals surface area contributed by atoms with Gasteiger partial charge in [0.1, 0.15) is 10.9 Å². The van der Waals surface area contributed by atoms with Gasteiger partial charge in [-0.3, -0.25) is 4.57 Å². The Morgan fingerprint density at radius 2 is 1.45 bits per heavy atom. The van der Waals surface area contributed by atoms with Crippen LogP contribution in [0.1, 0.15) is 22.4 Å². The Hall–Kier alpha value is -2.99. The molecule has 1 heterocycles. The molecule has 1 aromatic heterocycles. The van der Waals surface area contributed by atoms with Gasteiger partial charge in [0.2, 0.25) is 0 Å². The molecule has 0 radical (unpaired) electrons. The summed E-state index contributed by atoms with van der Waals surface area (Å²) in [5, 5.41) is 0.0642. The van der Waals surface area contributed by atoms with E-state index in [4.69, 9.17) is 0 Å². The predicted molar refractivity (Wildman–Crippen MR) is 119 cm³/mol. The summed E-state index contributed by atoms with van der Waals surface area (Å²) in [5.41, 5.74) is 3.23. The third kappa shape index (κ3) is 4.26. The van der Waals surface area contributed by atoms with Crippen molar-refractivity contribution in [2.45, 2.75) is 36.9 Å². The molecular formula is C25H21F3N2S. The number of hydrogen-bond acceptors (Lipinski definition) is 2. The summed E-state index contributed by atoms with van der Waals surface area (Å²) < 4.78 is 44.2. The van der Waals surface area contributed by atoms with Crippen LogP contribution in [0.3, 0.4) is 0 Å². The fourth-order valence-electron chi connectivity index (χ4n) is 3.62. The number of aromatic nitrogens is 2. The number of rotatable bonds is 4. The van der Waals surface area contributed by atoms with Crippen molar-refractivity contribution in [3.63, 3.8) is 0 Å². The molecule has 31 heavy (non-hydrogen) atoms. The minimum absolute atomic E-state index is 0.0642. The Labute approximate surface area is 183 Å². The SMILES string of the molecule is Cc1cccc(Sc2c(C(F)(F)F)nc(-c3ccccc3)n2-c2c(C)cccc2C)c1. The van der Waals surface area contributed by atoms with Crippen LogP contribution in [0.4, 0.5) is 13.2 Å². The Kier molecular flexibility index (Phi) is 5.67. The number of alkyl halides is 3. The van der Waals surface area contributed by atoms with Crippen LogP contribution in [0, 0.1) is 20.8 Å². The highest BCUT2D eigenvalue weighted by Gasteiger charge is 2.40. The summed E-state index contributed by atoms with van der Waals surface area (Å²) in [4.78, 5) is 4.88. The molecule has 4 aromatic rings. The highest BCUT2D eigenvalue weighted by Crippen LogP contribution is 2.44. The van der Waals surface area contributed by atoms with Gasteiger partial charge in [-0.1, -0.05) is 78.0 Å². The van der Waals surface area contributed by atoms with Gasteiger partial charge >= 0.3 is 6.18 Å². The molecule has 0 amide bonds. The topological polar surface area (TPSA) is 17.8 Å². The lowest BCUT2D eigenvalue weighted by molar-refractivity contribution is -0.143. The third-order valence-electron chi connectivity index (χ3n) is 5.00. The largest absolute Gasteiger partial charge is 0.436 e. The molecule has 3 aromatic carbocycles. The molecule has 0 saturated heterocycles. The van der Waals surface area contributed by atoms with E-state index in [2.05, 4.69) is 4.98 Å². The van der Waals surface area contributed by atoms with Crippen LogP contribution >= 0.6 is 11.8 Å². The molecule has 0 aliphatic rings. The van der Waals surface area contributed by atoms with E-state index in [-0.39, 0.29) is 10.9 Å². The van der Waals surface area contributed by atoms with Crippen molar-refractivity contribution in [2.24, 2.45) is 0 Å². The van der Waals surface area contributed by atoms with Gasteiger partial charge in [0.15, 0.2) is 5.69 Å². The Bertz CT molecular complexity index is 1210. The Balaban J connectivity index is 2.07. The molecule has 2 nitrogen and oxygen atoms in total. The van der Waals surface area contributed by atoms with E-state index in [0.717, 1.165) is 39.0 Å². The zero-order valence-corrected chi connectivity index (χ0v) is 18.2. The number of nitrogens with zero attached hydrogens (tertiary/aromatic N) is 2. The Morgan fingerprint density at radius 3 is 2.06 bits per heavy atom. The van der Waals surface area contributed by atoms with E-state index < -0.39 is 11.9 Å². The van der Waals surface area contributed by atoms with Crippen molar-refractivity contribution in [3.8, 4) is 17.1 Å². The number of imidazole rings is 1. The van der Waals surface area contributed by atoms with E-state index in [1.54, 1.807) is 28.8 Å². The molecule has 0 unspecified atom stereocenters. The highest BCUT2D eigenvalue weighted by molar-refractivity contribution is 7.99. The standard InChI is InChI=1S/C25H21F3N2S/c1-16-9-7-14-20(15-16)31-24-22(25(26,27)28)29-23(19-12-5-4-6-13-19)30(24)21-17(2)10-8-11-18(21)3/h4-15H,1-3H3. The van der Waals surface area contributed by atoms with Crippen molar-refractivity contribution in [3.05, 3.63) is 95.2 Å². The van der Waals surface area contributed by atoms with Crippen molar-refractivity contribution >= 4 is 11.8 Å². The molecule has 0 atom stereocenters. The number of halogens is 3. The molecule has 6 heteroatoms. The van der Waals surface area contributed by atoms with Crippen LogP contribution in [0.2, 0.25) is 0 Å². The van der Waals surface area contributed by atoms with Crippen LogP contribution < -0.4 is 0 Å². The smallest absolute Gasteiger partial charge is 0.286 e. The molecule has 0 aliphatic heterocycles. The van der Waals surface area contributed by atoms with Crippen molar-refractivity contribution in [2.75, 3.05) is 0 Å². The van der Waals surface area contributed by atoms with E-state index in [1.807, 2.05) is 69.3 Å². The maximum Gasteiger partial charge on any atom is 0.436 e. The molecule has 0 bridgehead atoms. The van der Waals surface area contributed by atoms with Gasteiger partial charge < -0.3 is 0 Å². The molecule has 0 aliphatic carbocycles. The number of benzene rings is 3. The molecule has 0 fully saturated rings. The second-order valence-corrected chi connectivity index (χ2v) is 8.51. The van der Waals surface area contributed by atoms with Gasteiger partial charge in [-0.25, -0.2) is 4.98 Å². The monoisotopic (exact) mass is 438 g/mol. The van der Waals surface area contributed by atoms with E-state index in [0.29, 0.717) is 5.56 Å². The van der Waals surface area contributed by atoms with E-state index in [9.17, 15) is 13.2 Å². The first-order valence-electron chi connectivity index (χ1n) is 9.82. The lowest BCUT2D eigenvalue weighted by Crippen LogP contribution is -2.09. The maximum absolute atomic E-state index is 14.2. The van der Waals surface area contributed by atoms with Crippen LogP contribution in [-0.4, -0.2) is 9.55 Å². The van der Waals surface area contributed by atoms with Gasteiger partial charge in [-0.2, -0.15) is 13.2 Å². The van der Waals surface area contributed by atoms with Crippen LogP contribution in [0.15, 0.2) is 82.7 Å².